The SMILES string of the molecule is CCNC(=NCC(c1cnn(C)c1)N(C)C)NCCc1ccc2c(c1)CCO2.I. The maximum atomic E-state index is 5.58. The number of halogens is 1. The van der Waals surface area contributed by atoms with Crippen LogP contribution in [-0.4, -0.2) is 61.0 Å². The van der Waals surface area contributed by atoms with Crippen molar-refractivity contribution in [1.29, 1.82) is 0 Å². The van der Waals surface area contributed by atoms with Crippen LogP contribution < -0.4 is 15.4 Å². The summed E-state index contributed by atoms with van der Waals surface area (Å²) >= 11 is 0. The normalized spacial score (nSPS) is 14.2. The third kappa shape index (κ3) is 6.60. The number of fused-ring (bicyclic) bond motifs is 1. The lowest BCUT2D eigenvalue weighted by molar-refractivity contribution is 0.306. The van der Waals surface area contributed by atoms with Crippen LogP contribution in [0.2, 0.25) is 0 Å². The Labute approximate surface area is 190 Å². The molecule has 2 N–H and O–H groups in total. The highest BCUT2D eigenvalue weighted by Gasteiger charge is 2.16. The van der Waals surface area contributed by atoms with Crippen LogP contribution in [0.25, 0.3) is 0 Å². The lowest BCUT2D eigenvalue weighted by Gasteiger charge is -2.22. The van der Waals surface area contributed by atoms with Gasteiger partial charge in [0.15, 0.2) is 5.96 Å². The van der Waals surface area contributed by atoms with Gasteiger partial charge in [-0.25, -0.2) is 0 Å². The van der Waals surface area contributed by atoms with E-state index in [2.05, 4.69) is 66.0 Å². The third-order valence-electron chi connectivity index (χ3n) is 4.96. The van der Waals surface area contributed by atoms with E-state index >= 15 is 0 Å². The molecule has 7 nitrogen and oxygen atoms in total. The molecule has 0 radical (unpaired) electrons. The first-order valence-corrected chi connectivity index (χ1v) is 9.98. The summed E-state index contributed by atoms with van der Waals surface area (Å²) in [5.41, 5.74) is 3.82. The van der Waals surface area contributed by atoms with E-state index < -0.39 is 0 Å². The molecule has 0 bridgehead atoms. The number of hydrogen-bond acceptors (Lipinski definition) is 4. The van der Waals surface area contributed by atoms with E-state index in [1.165, 1.54) is 16.7 Å². The van der Waals surface area contributed by atoms with Crippen LogP contribution in [0, 0.1) is 0 Å². The molecule has 0 spiro atoms. The molecule has 1 atom stereocenters. The van der Waals surface area contributed by atoms with Crippen LogP contribution >= 0.6 is 24.0 Å². The Morgan fingerprint density at radius 3 is 2.86 bits per heavy atom. The molecule has 2 heterocycles. The first-order chi connectivity index (χ1) is 13.6. The number of ether oxygens (including phenoxy) is 1. The molecule has 1 aliphatic rings. The van der Waals surface area contributed by atoms with Crippen molar-refractivity contribution in [2.24, 2.45) is 12.0 Å². The molecular weight excluding hydrogens is 479 g/mol. The Morgan fingerprint density at radius 2 is 2.17 bits per heavy atom. The number of likely N-dealkylation sites (N-methyl/N-ethyl adjacent to an activating group) is 1. The fourth-order valence-corrected chi connectivity index (χ4v) is 3.42. The summed E-state index contributed by atoms with van der Waals surface area (Å²) in [6.07, 6.45) is 5.94. The van der Waals surface area contributed by atoms with E-state index in [-0.39, 0.29) is 30.0 Å². The predicted octanol–water partition coefficient (Wildman–Crippen LogP) is 2.37. The van der Waals surface area contributed by atoms with Gasteiger partial charge in [-0.05, 0) is 44.6 Å². The molecule has 0 saturated heterocycles. The second-order valence-corrected chi connectivity index (χ2v) is 7.36. The van der Waals surface area contributed by atoms with E-state index in [1.807, 2.05) is 17.9 Å². The first kappa shape index (κ1) is 23.5. The average Bonchev–Trinajstić information content (AvgIpc) is 3.30. The summed E-state index contributed by atoms with van der Waals surface area (Å²) in [5.74, 6) is 1.89. The maximum absolute atomic E-state index is 5.58. The van der Waals surface area contributed by atoms with Crippen molar-refractivity contribution in [2.75, 3.05) is 40.3 Å². The summed E-state index contributed by atoms with van der Waals surface area (Å²) < 4.78 is 7.42. The number of aliphatic imine (C=N–C) groups is 1. The zero-order chi connectivity index (χ0) is 19.9. The van der Waals surface area contributed by atoms with E-state index in [4.69, 9.17) is 9.73 Å². The van der Waals surface area contributed by atoms with Gasteiger partial charge in [0, 0.05) is 38.3 Å². The van der Waals surface area contributed by atoms with E-state index in [0.29, 0.717) is 6.54 Å². The molecule has 8 heteroatoms. The van der Waals surface area contributed by atoms with Gasteiger partial charge < -0.3 is 20.3 Å². The molecule has 1 unspecified atom stereocenters. The molecule has 160 valence electrons. The van der Waals surface area contributed by atoms with Crippen molar-refractivity contribution in [3.8, 4) is 5.75 Å². The first-order valence-electron chi connectivity index (χ1n) is 9.98. The van der Waals surface area contributed by atoms with Crippen molar-refractivity contribution in [2.45, 2.75) is 25.8 Å². The summed E-state index contributed by atoms with van der Waals surface area (Å²) in [5, 5.41) is 11.1. The summed E-state index contributed by atoms with van der Waals surface area (Å²) in [4.78, 5) is 6.98. The smallest absolute Gasteiger partial charge is 0.191 e. The Hall–Kier alpha value is -1.81. The minimum atomic E-state index is 0. The second-order valence-electron chi connectivity index (χ2n) is 7.36. The fourth-order valence-electron chi connectivity index (χ4n) is 3.42. The quantitative estimate of drug-likeness (QED) is 0.323. The van der Waals surface area contributed by atoms with Gasteiger partial charge in [-0.3, -0.25) is 9.67 Å². The molecule has 3 rings (SSSR count). The number of aryl methyl sites for hydroxylation is 1. The molecular formula is C21H33IN6O. The zero-order valence-electron chi connectivity index (χ0n) is 17.8. The van der Waals surface area contributed by atoms with Gasteiger partial charge >= 0.3 is 0 Å². The number of rotatable bonds is 8. The maximum Gasteiger partial charge on any atom is 0.191 e. The van der Waals surface area contributed by atoms with Gasteiger partial charge in [-0.1, -0.05) is 12.1 Å². The summed E-state index contributed by atoms with van der Waals surface area (Å²) in [6.45, 7) is 5.23. The van der Waals surface area contributed by atoms with Crippen molar-refractivity contribution < 1.29 is 4.74 Å². The molecule has 0 fully saturated rings. The Balaban J connectivity index is 0.00000300. The van der Waals surface area contributed by atoms with E-state index in [0.717, 1.165) is 44.2 Å². The van der Waals surface area contributed by atoms with Crippen LogP contribution in [0.1, 0.15) is 29.7 Å². The van der Waals surface area contributed by atoms with Crippen molar-refractivity contribution in [1.82, 2.24) is 25.3 Å². The molecule has 29 heavy (non-hydrogen) atoms. The highest BCUT2D eigenvalue weighted by molar-refractivity contribution is 14.0. The molecule has 1 aliphatic heterocycles. The molecule has 2 aromatic rings. The standard InChI is InChI=1S/C21H32N6O.HI/c1-5-22-21(24-14-19(26(2)3)18-13-25-27(4)15-18)23-10-8-16-6-7-20-17(12-16)9-11-28-20;/h6-7,12-13,15,19H,5,8-11,14H2,1-4H3,(H2,22,23,24);1H. The Morgan fingerprint density at radius 1 is 1.34 bits per heavy atom. The van der Waals surface area contributed by atoms with Crippen LogP contribution in [-0.2, 0) is 19.9 Å². The Bertz CT molecular complexity index is 804. The summed E-state index contributed by atoms with van der Waals surface area (Å²) in [6, 6.07) is 6.70. The highest BCUT2D eigenvalue weighted by Crippen LogP contribution is 2.25. The number of nitrogens with zero attached hydrogens (tertiary/aromatic N) is 4. The molecule has 1 aromatic heterocycles. The van der Waals surface area contributed by atoms with E-state index in [9.17, 15) is 0 Å². The topological polar surface area (TPSA) is 66.7 Å². The van der Waals surface area contributed by atoms with Crippen molar-refractivity contribution in [3.63, 3.8) is 0 Å². The van der Waals surface area contributed by atoms with E-state index in [1.54, 1.807) is 0 Å². The number of aromatic nitrogens is 2. The minimum Gasteiger partial charge on any atom is -0.493 e. The van der Waals surface area contributed by atoms with Crippen molar-refractivity contribution in [3.05, 3.63) is 47.3 Å². The van der Waals surface area contributed by atoms with Gasteiger partial charge in [0.1, 0.15) is 5.75 Å². The second kappa shape index (κ2) is 11.4. The monoisotopic (exact) mass is 512 g/mol. The van der Waals surface area contributed by atoms with Gasteiger partial charge in [-0.2, -0.15) is 5.10 Å². The van der Waals surface area contributed by atoms with Gasteiger partial charge in [0.2, 0.25) is 0 Å². The van der Waals surface area contributed by atoms with Crippen LogP contribution in [0.5, 0.6) is 5.75 Å². The van der Waals surface area contributed by atoms with Gasteiger partial charge in [0.25, 0.3) is 0 Å². The fraction of sp³-hybridized carbons (Fsp3) is 0.524. The number of hydrogen-bond donors (Lipinski definition) is 2. The third-order valence-corrected chi connectivity index (χ3v) is 4.96. The van der Waals surface area contributed by atoms with Crippen LogP contribution in [0.3, 0.4) is 0 Å². The van der Waals surface area contributed by atoms with Crippen LogP contribution in [0.4, 0.5) is 0 Å². The van der Waals surface area contributed by atoms with Crippen LogP contribution in [0.15, 0.2) is 35.6 Å². The van der Waals surface area contributed by atoms with Crippen molar-refractivity contribution >= 4 is 29.9 Å². The highest BCUT2D eigenvalue weighted by atomic mass is 127. The number of nitrogens with one attached hydrogen (secondary N) is 2. The molecule has 0 amide bonds. The molecule has 0 aliphatic carbocycles. The number of benzene rings is 1. The molecule has 1 aromatic carbocycles. The summed E-state index contributed by atoms with van der Waals surface area (Å²) in [7, 11) is 6.09. The number of guanidine groups is 1. The largest absolute Gasteiger partial charge is 0.493 e. The average molecular weight is 512 g/mol. The predicted molar refractivity (Wildman–Crippen MR) is 128 cm³/mol. The molecule has 0 saturated carbocycles. The zero-order valence-corrected chi connectivity index (χ0v) is 20.1. The Kier molecular flexibility index (Phi) is 9.22. The van der Waals surface area contributed by atoms with Gasteiger partial charge in [0.05, 0.1) is 25.4 Å². The lowest BCUT2D eigenvalue weighted by Crippen LogP contribution is -2.39. The minimum absolute atomic E-state index is 0. The van der Waals surface area contributed by atoms with Gasteiger partial charge in [-0.15, -0.1) is 24.0 Å². The lowest BCUT2D eigenvalue weighted by atomic mass is 10.1.